The number of nitrogens with zero attached hydrogens (tertiary/aromatic N) is 4. The molecule has 1 N–H and O–H groups in total. The molecule has 5 rings (SSSR count). The van der Waals surface area contributed by atoms with Crippen LogP contribution < -0.4 is 10.2 Å². The Kier molecular flexibility index (Phi) is 7.45. The van der Waals surface area contributed by atoms with E-state index in [0.29, 0.717) is 45.2 Å². The quantitative estimate of drug-likeness (QED) is 0.299. The van der Waals surface area contributed by atoms with E-state index in [9.17, 15) is 9.59 Å². The molecule has 0 aliphatic carbocycles. The van der Waals surface area contributed by atoms with Gasteiger partial charge in [0.15, 0.2) is 0 Å². The van der Waals surface area contributed by atoms with Crippen molar-refractivity contribution < 1.29 is 14.3 Å². The van der Waals surface area contributed by atoms with Crippen LogP contribution in [0.15, 0.2) is 47.6 Å². The summed E-state index contributed by atoms with van der Waals surface area (Å²) >= 11 is 14.4. The van der Waals surface area contributed by atoms with Crippen molar-refractivity contribution in [2.75, 3.05) is 16.8 Å². The molecule has 0 atom stereocenters. The summed E-state index contributed by atoms with van der Waals surface area (Å²) in [4.78, 5) is 38.4. The molecule has 0 unspecified atom stereocenters. The van der Waals surface area contributed by atoms with Crippen LogP contribution in [0.2, 0.25) is 10.0 Å². The van der Waals surface area contributed by atoms with Crippen molar-refractivity contribution in [3.63, 3.8) is 0 Å². The second-order valence-electron chi connectivity index (χ2n) is 12.1. The highest BCUT2D eigenvalue weighted by molar-refractivity contribution is 8.00. The fourth-order valence-corrected chi connectivity index (χ4v) is 6.96. The molecule has 3 heterocycles. The average Bonchev–Trinajstić information content (AvgIpc) is 2.84. The molecule has 0 saturated heterocycles. The smallest absolute Gasteiger partial charge is 0.411 e. The van der Waals surface area contributed by atoms with Crippen molar-refractivity contribution >= 4 is 64.3 Å². The van der Waals surface area contributed by atoms with Crippen LogP contribution in [0.25, 0.3) is 0 Å². The zero-order valence-electron chi connectivity index (χ0n) is 24.1. The van der Waals surface area contributed by atoms with Crippen LogP contribution in [-0.2, 0) is 16.7 Å². The van der Waals surface area contributed by atoms with Crippen molar-refractivity contribution in [2.45, 2.75) is 75.9 Å². The summed E-state index contributed by atoms with van der Waals surface area (Å²) in [6.45, 7) is 14.1. The monoisotopic (exact) mass is 613 g/mol. The number of anilines is 3. The fourth-order valence-electron chi connectivity index (χ4n) is 5.27. The number of aromatic nitrogens is 2. The lowest BCUT2D eigenvalue weighted by Crippen LogP contribution is -2.51. The summed E-state index contributed by atoms with van der Waals surface area (Å²) in [5.74, 6) is 0.116. The normalized spacial score (nSPS) is 17.5. The molecule has 8 nitrogen and oxygen atoms in total. The number of rotatable bonds is 3. The number of para-hydroxylation sites is 1. The molecule has 0 radical (unpaired) electrons. The van der Waals surface area contributed by atoms with Gasteiger partial charge in [-0.3, -0.25) is 14.6 Å². The number of ether oxygens (including phenoxy) is 1. The van der Waals surface area contributed by atoms with E-state index in [0.717, 1.165) is 16.8 Å². The first-order valence-electron chi connectivity index (χ1n) is 13.3. The van der Waals surface area contributed by atoms with Crippen LogP contribution in [0, 0.1) is 0 Å². The molecular weight excluding hydrogens is 581 g/mol. The van der Waals surface area contributed by atoms with E-state index < -0.39 is 16.0 Å². The molecular formula is C30H33Cl2N5O3S. The number of nitrogens with one attached hydrogen (secondary N) is 1. The number of hydrogen-bond donors (Lipinski definition) is 1. The Hall–Kier alpha value is -3.01. The van der Waals surface area contributed by atoms with Gasteiger partial charge in [0.2, 0.25) is 5.95 Å². The molecule has 11 heteroatoms. The molecule has 41 heavy (non-hydrogen) atoms. The highest BCUT2D eigenvalue weighted by Gasteiger charge is 2.43. The third kappa shape index (κ3) is 5.59. The predicted octanol–water partition coefficient (Wildman–Crippen LogP) is 8.04. The predicted molar refractivity (Wildman–Crippen MR) is 165 cm³/mol. The largest absolute Gasteiger partial charge is 0.444 e. The second-order valence-corrected chi connectivity index (χ2v) is 14.5. The molecule has 0 bridgehead atoms. The number of hydrogen-bond acceptors (Lipinski definition) is 7. The number of benzene rings is 2. The van der Waals surface area contributed by atoms with Crippen LogP contribution in [0.4, 0.5) is 22.1 Å². The van der Waals surface area contributed by atoms with E-state index in [1.165, 1.54) is 18.0 Å². The van der Waals surface area contributed by atoms with E-state index in [-0.39, 0.29) is 12.0 Å². The number of halogens is 2. The molecule has 0 fully saturated rings. The molecule has 0 saturated carbocycles. The van der Waals surface area contributed by atoms with Crippen LogP contribution in [-0.4, -0.2) is 43.9 Å². The first kappa shape index (κ1) is 29.5. The third-order valence-electron chi connectivity index (χ3n) is 7.15. The number of carbonyl (C=O) groups excluding carboxylic acids is 2. The van der Waals surface area contributed by atoms with E-state index in [1.807, 2.05) is 60.6 Å². The van der Waals surface area contributed by atoms with Gasteiger partial charge in [-0.05, 0) is 90.3 Å². The van der Waals surface area contributed by atoms with E-state index >= 15 is 0 Å². The Morgan fingerprint density at radius 3 is 2.44 bits per heavy atom. The maximum atomic E-state index is 13.6. The van der Waals surface area contributed by atoms with Crippen LogP contribution in [0.1, 0.15) is 70.0 Å². The fraction of sp³-hybridized carbons (Fsp3) is 0.400. The van der Waals surface area contributed by atoms with Gasteiger partial charge in [0.1, 0.15) is 10.6 Å². The van der Waals surface area contributed by atoms with Crippen LogP contribution >= 0.6 is 35.0 Å². The zero-order chi connectivity index (χ0) is 29.9. The molecule has 2 amide bonds. The van der Waals surface area contributed by atoms with E-state index in [2.05, 4.69) is 16.4 Å². The maximum absolute atomic E-state index is 13.6. The lowest BCUT2D eigenvalue weighted by atomic mass is 9.83. The number of fused-ring (bicyclic) bond motifs is 2. The third-order valence-corrected chi connectivity index (χ3v) is 8.94. The molecule has 2 aliphatic heterocycles. The Balaban J connectivity index is 1.39. The minimum atomic E-state index is -0.707. The standard InChI is InChI=1S/C30H33Cl2N5O3S/c1-28(2,3)40-27(39)36-14-13-17-15-18(11-12-20(17)29(36,4)5)34-26-33-16-19-24(35-26)41-30(6,7)37(25(19)38)23-21(31)9-8-10-22(23)32/h8-12,15-16H,13-14H2,1-7H3,(H,33,34,35). The van der Waals surface area contributed by atoms with Crippen molar-refractivity contribution in [3.8, 4) is 0 Å². The van der Waals surface area contributed by atoms with Gasteiger partial charge in [0.25, 0.3) is 5.91 Å². The zero-order valence-corrected chi connectivity index (χ0v) is 26.5. The SMILES string of the molecule is CC(C)(C)OC(=O)N1CCc2cc(Nc3ncc4c(n3)SC(C)(C)N(c3c(Cl)cccc3Cl)C4=O)ccc2C1(C)C. The first-order valence-corrected chi connectivity index (χ1v) is 14.9. The van der Waals surface area contributed by atoms with Gasteiger partial charge < -0.3 is 10.1 Å². The van der Waals surface area contributed by atoms with E-state index in [1.54, 1.807) is 28.0 Å². The lowest BCUT2D eigenvalue weighted by molar-refractivity contribution is -0.000309. The highest BCUT2D eigenvalue weighted by Crippen LogP contribution is 2.48. The summed E-state index contributed by atoms with van der Waals surface area (Å²) < 4.78 is 5.66. The molecule has 216 valence electrons. The van der Waals surface area contributed by atoms with Gasteiger partial charge in [0.05, 0.1) is 31.7 Å². The van der Waals surface area contributed by atoms with Crippen molar-refractivity contribution in [2.24, 2.45) is 0 Å². The Morgan fingerprint density at radius 1 is 1.10 bits per heavy atom. The van der Waals surface area contributed by atoms with Gasteiger partial charge in [-0.1, -0.05) is 47.1 Å². The summed E-state index contributed by atoms with van der Waals surface area (Å²) in [5.41, 5.74) is 2.77. The maximum Gasteiger partial charge on any atom is 0.411 e. The first-order chi connectivity index (χ1) is 19.1. The lowest BCUT2D eigenvalue weighted by Gasteiger charge is -2.44. The minimum Gasteiger partial charge on any atom is -0.444 e. The molecule has 1 aromatic heterocycles. The van der Waals surface area contributed by atoms with Gasteiger partial charge in [0, 0.05) is 18.4 Å². The topological polar surface area (TPSA) is 87.7 Å². The Bertz CT molecular complexity index is 1530. The van der Waals surface area contributed by atoms with Crippen molar-refractivity contribution in [1.29, 1.82) is 0 Å². The highest BCUT2D eigenvalue weighted by atomic mass is 35.5. The summed E-state index contributed by atoms with van der Waals surface area (Å²) in [6, 6.07) is 11.2. The van der Waals surface area contributed by atoms with E-state index in [4.69, 9.17) is 32.9 Å². The molecule has 0 spiro atoms. The van der Waals surface area contributed by atoms with Gasteiger partial charge in [-0.25, -0.2) is 14.8 Å². The summed E-state index contributed by atoms with van der Waals surface area (Å²) in [5, 5.41) is 4.66. The molecule has 2 aliphatic rings. The Morgan fingerprint density at radius 2 is 1.78 bits per heavy atom. The van der Waals surface area contributed by atoms with Gasteiger partial charge in [-0.15, -0.1) is 0 Å². The van der Waals surface area contributed by atoms with Crippen LogP contribution in [0.5, 0.6) is 0 Å². The van der Waals surface area contributed by atoms with Crippen molar-refractivity contribution in [1.82, 2.24) is 14.9 Å². The van der Waals surface area contributed by atoms with Crippen LogP contribution in [0.3, 0.4) is 0 Å². The summed E-state index contributed by atoms with van der Waals surface area (Å²) in [6.07, 6.45) is 1.91. The number of amides is 2. The Labute approximate surface area is 254 Å². The number of thioether (sulfide) groups is 1. The molecule has 2 aromatic carbocycles. The minimum absolute atomic E-state index is 0.268. The average molecular weight is 615 g/mol. The van der Waals surface area contributed by atoms with Gasteiger partial charge >= 0.3 is 6.09 Å². The number of carbonyl (C=O) groups is 2. The second kappa shape index (κ2) is 10.4. The molecule has 3 aromatic rings. The summed E-state index contributed by atoms with van der Waals surface area (Å²) in [7, 11) is 0. The van der Waals surface area contributed by atoms with Crippen molar-refractivity contribution in [3.05, 3.63) is 69.3 Å². The van der Waals surface area contributed by atoms with Gasteiger partial charge in [-0.2, -0.15) is 0 Å².